The topological polar surface area (TPSA) is 86.7 Å². The van der Waals surface area contributed by atoms with Crippen LogP contribution in [-0.2, 0) is 4.79 Å². The van der Waals surface area contributed by atoms with E-state index >= 15 is 0 Å². The number of carbonyl (C=O) groups excluding carboxylic acids is 1. The van der Waals surface area contributed by atoms with Gasteiger partial charge in [0, 0.05) is 12.0 Å². The van der Waals surface area contributed by atoms with Gasteiger partial charge in [0.25, 0.3) is 0 Å². The quantitative estimate of drug-likeness (QED) is 0.550. The number of nitrogens with zero attached hydrogens (tertiary/aromatic N) is 4. The molecule has 3 aromatic rings. The van der Waals surface area contributed by atoms with Crippen molar-refractivity contribution in [3.8, 4) is 28.6 Å². The molecule has 0 fully saturated rings. The Morgan fingerprint density at radius 1 is 1.13 bits per heavy atom. The summed E-state index contributed by atoms with van der Waals surface area (Å²) in [6.07, 6.45) is 1.31. The zero-order valence-electron chi connectivity index (χ0n) is 17.7. The molecule has 2 aromatic carbocycles. The molecule has 0 saturated carbocycles. The largest absolute Gasteiger partial charge is 0.493 e. The first-order valence-electron chi connectivity index (χ1n) is 9.70. The summed E-state index contributed by atoms with van der Waals surface area (Å²) in [5, 5.41) is 9.01. The second-order valence-electron chi connectivity index (χ2n) is 6.64. The van der Waals surface area contributed by atoms with Gasteiger partial charge in [0.15, 0.2) is 17.2 Å². The first-order chi connectivity index (χ1) is 15.1. The smallest absolute Gasteiger partial charge is 0.247 e. The average Bonchev–Trinajstić information content (AvgIpc) is 2.97. The van der Waals surface area contributed by atoms with E-state index in [1.54, 1.807) is 25.2 Å². The Balaban J connectivity index is 2.01. The van der Waals surface area contributed by atoms with Crippen LogP contribution in [0.15, 0.2) is 47.6 Å². The maximum absolute atomic E-state index is 13.2. The highest BCUT2D eigenvalue weighted by atomic mass is 32.2. The van der Waals surface area contributed by atoms with Crippen LogP contribution in [0, 0.1) is 0 Å². The number of hydrogen-bond acceptors (Lipinski definition) is 8. The Hall–Kier alpha value is -3.33. The van der Waals surface area contributed by atoms with Crippen molar-refractivity contribution < 1.29 is 19.0 Å². The summed E-state index contributed by atoms with van der Waals surface area (Å²) in [5.74, 6) is 1.20. The van der Waals surface area contributed by atoms with E-state index in [9.17, 15) is 4.79 Å². The standard InChI is InChI=1S/C22H22N4O4S/c1-5-17(27)26-15-11-7-6-9-13(15)18-20(23-22(31-4)25-24-18)30-21(26)14-10-8-12-16(28-2)19(14)29-3/h6-12,21H,5H2,1-4H3/t21-/m0/s1. The van der Waals surface area contributed by atoms with Gasteiger partial charge in [0.05, 0.1) is 25.5 Å². The van der Waals surface area contributed by atoms with E-state index in [2.05, 4.69) is 15.2 Å². The van der Waals surface area contributed by atoms with E-state index in [0.29, 0.717) is 39.5 Å². The summed E-state index contributed by atoms with van der Waals surface area (Å²) in [5.41, 5.74) is 2.49. The average molecular weight is 439 g/mol. The van der Waals surface area contributed by atoms with Gasteiger partial charge >= 0.3 is 0 Å². The summed E-state index contributed by atoms with van der Waals surface area (Å²) in [6, 6.07) is 13.0. The lowest BCUT2D eigenvalue weighted by Crippen LogP contribution is -2.37. The van der Waals surface area contributed by atoms with E-state index in [1.165, 1.54) is 11.8 Å². The summed E-state index contributed by atoms with van der Waals surface area (Å²) in [4.78, 5) is 19.4. The molecule has 1 aliphatic rings. The molecule has 0 bridgehead atoms. The molecule has 1 amide bonds. The molecule has 9 heteroatoms. The molecule has 8 nitrogen and oxygen atoms in total. The first kappa shape index (κ1) is 20.9. The van der Waals surface area contributed by atoms with Crippen molar-refractivity contribution in [3.63, 3.8) is 0 Å². The molecule has 1 atom stereocenters. The molecule has 0 saturated heterocycles. The molecular weight excluding hydrogens is 416 g/mol. The second kappa shape index (κ2) is 8.81. The molecule has 1 aromatic heterocycles. The Morgan fingerprint density at radius 2 is 1.94 bits per heavy atom. The minimum atomic E-state index is -0.841. The number of thioether (sulfide) groups is 1. The highest BCUT2D eigenvalue weighted by Gasteiger charge is 2.37. The first-order valence-corrected chi connectivity index (χ1v) is 10.9. The summed E-state index contributed by atoms with van der Waals surface area (Å²) < 4.78 is 17.5. The van der Waals surface area contributed by atoms with Gasteiger partial charge in [-0.05, 0) is 24.5 Å². The lowest BCUT2D eigenvalue weighted by molar-refractivity contribution is -0.120. The number of amides is 1. The van der Waals surface area contributed by atoms with Crippen LogP contribution in [0.25, 0.3) is 11.3 Å². The van der Waals surface area contributed by atoms with E-state index in [1.807, 2.05) is 49.6 Å². The van der Waals surface area contributed by atoms with Gasteiger partial charge in [-0.1, -0.05) is 43.0 Å². The molecule has 0 unspecified atom stereocenters. The number of aromatic nitrogens is 3. The molecule has 1 aliphatic heterocycles. The fraction of sp³-hybridized carbons (Fsp3) is 0.273. The predicted octanol–water partition coefficient (Wildman–Crippen LogP) is 4.11. The SMILES string of the molecule is CCC(=O)N1c2ccccc2-c2nnc(SC)nc2O[C@H]1c1cccc(OC)c1OC. The van der Waals surface area contributed by atoms with Gasteiger partial charge in [0.1, 0.15) is 0 Å². The van der Waals surface area contributed by atoms with Crippen LogP contribution < -0.4 is 19.1 Å². The number of benzene rings is 2. The zero-order chi connectivity index (χ0) is 22.0. The Labute approximate surface area is 184 Å². The fourth-order valence-corrected chi connectivity index (χ4v) is 3.85. The van der Waals surface area contributed by atoms with E-state index in [4.69, 9.17) is 14.2 Å². The van der Waals surface area contributed by atoms with E-state index in [-0.39, 0.29) is 12.3 Å². The summed E-state index contributed by atoms with van der Waals surface area (Å²) >= 11 is 1.36. The van der Waals surface area contributed by atoms with Crippen molar-refractivity contribution in [2.24, 2.45) is 0 Å². The maximum atomic E-state index is 13.2. The Bertz CT molecular complexity index is 1120. The minimum Gasteiger partial charge on any atom is -0.493 e. The van der Waals surface area contributed by atoms with Crippen LogP contribution in [-0.4, -0.2) is 41.6 Å². The Kier molecular flexibility index (Phi) is 5.94. The van der Waals surface area contributed by atoms with Gasteiger partial charge in [0.2, 0.25) is 23.2 Å². The molecule has 0 aliphatic carbocycles. The van der Waals surface area contributed by atoms with Gasteiger partial charge in [-0.3, -0.25) is 9.69 Å². The maximum Gasteiger partial charge on any atom is 0.247 e. The lowest BCUT2D eigenvalue weighted by Gasteiger charge is -2.31. The van der Waals surface area contributed by atoms with Crippen molar-refractivity contribution in [2.45, 2.75) is 24.7 Å². The third-order valence-electron chi connectivity index (χ3n) is 4.96. The van der Waals surface area contributed by atoms with E-state index < -0.39 is 6.23 Å². The molecular formula is C22H22N4O4S. The van der Waals surface area contributed by atoms with Crippen LogP contribution in [0.4, 0.5) is 5.69 Å². The molecule has 2 heterocycles. The predicted molar refractivity (Wildman–Crippen MR) is 118 cm³/mol. The van der Waals surface area contributed by atoms with Crippen LogP contribution in [0.5, 0.6) is 17.4 Å². The summed E-state index contributed by atoms with van der Waals surface area (Å²) in [7, 11) is 3.12. The number of ether oxygens (including phenoxy) is 3. The van der Waals surface area contributed by atoms with Gasteiger partial charge < -0.3 is 14.2 Å². The van der Waals surface area contributed by atoms with Crippen LogP contribution in [0.1, 0.15) is 25.1 Å². The molecule has 160 valence electrons. The molecule has 4 rings (SSSR count). The number of anilines is 1. The number of carbonyl (C=O) groups is 1. The number of hydrogen-bond donors (Lipinski definition) is 0. The van der Waals surface area contributed by atoms with Crippen LogP contribution >= 0.6 is 11.8 Å². The van der Waals surface area contributed by atoms with Gasteiger partial charge in [-0.2, -0.15) is 4.98 Å². The third kappa shape index (κ3) is 3.65. The number of methoxy groups -OCH3 is 2. The third-order valence-corrected chi connectivity index (χ3v) is 5.50. The van der Waals surface area contributed by atoms with Crippen LogP contribution in [0.3, 0.4) is 0 Å². The van der Waals surface area contributed by atoms with Crippen molar-refractivity contribution >= 4 is 23.4 Å². The molecule has 0 N–H and O–H groups in total. The number of fused-ring (bicyclic) bond motifs is 3. The normalized spacial score (nSPS) is 14.7. The lowest BCUT2D eigenvalue weighted by atomic mass is 10.1. The van der Waals surface area contributed by atoms with Gasteiger partial charge in [-0.15, -0.1) is 10.2 Å². The van der Waals surface area contributed by atoms with Gasteiger partial charge in [-0.25, -0.2) is 0 Å². The monoisotopic (exact) mass is 438 g/mol. The zero-order valence-corrected chi connectivity index (χ0v) is 18.5. The molecule has 31 heavy (non-hydrogen) atoms. The molecule has 0 radical (unpaired) electrons. The minimum absolute atomic E-state index is 0.117. The second-order valence-corrected chi connectivity index (χ2v) is 7.41. The number of rotatable bonds is 5. The Morgan fingerprint density at radius 3 is 2.65 bits per heavy atom. The van der Waals surface area contributed by atoms with Crippen molar-refractivity contribution in [3.05, 3.63) is 48.0 Å². The van der Waals surface area contributed by atoms with Crippen molar-refractivity contribution in [1.82, 2.24) is 15.2 Å². The summed E-state index contributed by atoms with van der Waals surface area (Å²) in [6.45, 7) is 1.81. The van der Waals surface area contributed by atoms with Crippen molar-refractivity contribution in [1.29, 1.82) is 0 Å². The van der Waals surface area contributed by atoms with Crippen molar-refractivity contribution in [2.75, 3.05) is 25.4 Å². The van der Waals surface area contributed by atoms with Crippen LogP contribution in [0.2, 0.25) is 0 Å². The van der Waals surface area contributed by atoms with E-state index in [0.717, 1.165) is 5.56 Å². The highest BCUT2D eigenvalue weighted by molar-refractivity contribution is 7.98. The molecule has 0 spiro atoms. The fourth-order valence-electron chi connectivity index (χ4n) is 3.55. The number of para-hydroxylation sites is 2. The highest BCUT2D eigenvalue weighted by Crippen LogP contribution is 2.46.